The molecule has 2 rings (SSSR count). The Hall–Kier alpha value is -0.390. The van der Waals surface area contributed by atoms with Crippen LogP contribution in [0.4, 0.5) is 5.13 Å². The molecule has 78 valence electrons. The number of thiazole rings is 1. The van der Waals surface area contributed by atoms with Crippen molar-refractivity contribution < 1.29 is 0 Å². The van der Waals surface area contributed by atoms with E-state index in [-0.39, 0.29) is 0 Å². The SMILES string of the molecule is Cc1cc(Br)c(-c2csc(N)n2)c(Br)c1. The number of hydrogen-bond donors (Lipinski definition) is 1. The molecule has 2 nitrogen and oxygen atoms in total. The molecular formula is C10H8Br2N2S. The van der Waals surface area contributed by atoms with Gasteiger partial charge in [0.1, 0.15) is 0 Å². The van der Waals surface area contributed by atoms with Crippen molar-refractivity contribution in [3.8, 4) is 11.3 Å². The van der Waals surface area contributed by atoms with E-state index in [1.165, 1.54) is 16.9 Å². The Bertz CT molecular complexity index is 485. The second-order valence-electron chi connectivity index (χ2n) is 3.17. The van der Waals surface area contributed by atoms with E-state index in [1.54, 1.807) is 0 Å². The highest BCUT2D eigenvalue weighted by Gasteiger charge is 2.11. The third kappa shape index (κ3) is 2.24. The molecule has 0 saturated carbocycles. The summed E-state index contributed by atoms with van der Waals surface area (Å²) < 4.78 is 2.05. The van der Waals surface area contributed by atoms with Gasteiger partial charge < -0.3 is 5.73 Å². The highest BCUT2D eigenvalue weighted by atomic mass is 79.9. The number of halogens is 2. The molecule has 5 heteroatoms. The summed E-state index contributed by atoms with van der Waals surface area (Å²) in [6.07, 6.45) is 0. The van der Waals surface area contributed by atoms with E-state index in [2.05, 4.69) is 55.9 Å². The van der Waals surface area contributed by atoms with Crippen molar-refractivity contribution in [3.05, 3.63) is 32.0 Å². The average molecular weight is 348 g/mol. The van der Waals surface area contributed by atoms with E-state index in [4.69, 9.17) is 5.73 Å². The van der Waals surface area contributed by atoms with Crippen molar-refractivity contribution in [2.24, 2.45) is 0 Å². The summed E-state index contributed by atoms with van der Waals surface area (Å²) in [7, 11) is 0. The minimum atomic E-state index is 0.587. The molecule has 0 aliphatic carbocycles. The van der Waals surface area contributed by atoms with Crippen molar-refractivity contribution in [2.45, 2.75) is 6.92 Å². The zero-order chi connectivity index (χ0) is 11.0. The minimum absolute atomic E-state index is 0.587. The Kier molecular flexibility index (Phi) is 3.13. The molecule has 0 atom stereocenters. The fraction of sp³-hybridized carbons (Fsp3) is 0.100. The highest BCUT2D eigenvalue weighted by Crippen LogP contribution is 2.36. The average Bonchev–Trinajstić information content (AvgIpc) is 2.49. The number of hydrogen-bond acceptors (Lipinski definition) is 3. The van der Waals surface area contributed by atoms with Crippen LogP contribution in [0.3, 0.4) is 0 Å². The number of nitrogens with two attached hydrogens (primary N) is 1. The fourth-order valence-electron chi connectivity index (χ4n) is 1.35. The monoisotopic (exact) mass is 346 g/mol. The predicted molar refractivity (Wildman–Crippen MR) is 72.1 cm³/mol. The standard InChI is InChI=1S/C10H8Br2N2S/c1-5-2-6(11)9(7(12)3-5)8-4-15-10(13)14-8/h2-4H,1H3,(H2,13,14). The van der Waals surface area contributed by atoms with E-state index in [0.717, 1.165) is 20.2 Å². The van der Waals surface area contributed by atoms with Gasteiger partial charge in [-0.15, -0.1) is 11.3 Å². The van der Waals surface area contributed by atoms with Gasteiger partial charge in [0.25, 0.3) is 0 Å². The van der Waals surface area contributed by atoms with Crippen LogP contribution in [0.2, 0.25) is 0 Å². The van der Waals surface area contributed by atoms with Gasteiger partial charge in [-0.2, -0.15) is 0 Å². The number of nitrogens with zero attached hydrogens (tertiary/aromatic N) is 1. The lowest BCUT2D eigenvalue weighted by Crippen LogP contribution is -1.86. The van der Waals surface area contributed by atoms with E-state index < -0.39 is 0 Å². The van der Waals surface area contributed by atoms with Crippen LogP contribution in [0.15, 0.2) is 26.5 Å². The summed E-state index contributed by atoms with van der Waals surface area (Å²) in [5.41, 5.74) is 8.77. The Morgan fingerprint density at radius 3 is 2.33 bits per heavy atom. The molecule has 0 amide bonds. The first kappa shape index (κ1) is 11.1. The molecule has 0 bridgehead atoms. The van der Waals surface area contributed by atoms with Gasteiger partial charge in [0, 0.05) is 19.9 Å². The smallest absolute Gasteiger partial charge is 0.180 e. The number of aryl methyl sites for hydroxylation is 1. The molecule has 0 radical (unpaired) electrons. The third-order valence-electron chi connectivity index (χ3n) is 1.96. The maximum absolute atomic E-state index is 5.62. The van der Waals surface area contributed by atoms with E-state index in [0.29, 0.717) is 5.13 Å². The topological polar surface area (TPSA) is 38.9 Å². The van der Waals surface area contributed by atoms with E-state index >= 15 is 0 Å². The number of rotatable bonds is 1. The maximum atomic E-state index is 5.62. The molecular weight excluding hydrogens is 340 g/mol. The van der Waals surface area contributed by atoms with Crippen molar-refractivity contribution in [1.29, 1.82) is 0 Å². The van der Waals surface area contributed by atoms with Crippen molar-refractivity contribution in [2.75, 3.05) is 5.73 Å². The van der Waals surface area contributed by atoms with Crippen LogP contribution in [0.5, 0.6) is 0 Å². The quantitative estimate of drug-likeness (QED) is 0.838. The molecule has 2 aromatic rings. The first-order valence-corrected chi connectivity index (χ1v) is 6.71. The lowest BCUT2D eigenvalue weighted by atomic mass is 10.1. The normalized spacial score (nSPS) is 10.6. The summed E-state index contributed by atoms with van der Waals surface area (Å²) in [6.45, 7) is 2.05. The molecule has 1 aromatic heterocycles. The van der Waals surface area contributed by atoms with Gasteiger partial charge >= 0.3 is 0 Å². The predicted octanol–water partition coefficient (Wildman–Crippen LogP) is 4.23. The molecule has 0 spiro atoms. The molecule has 2 N–H and O–H groups in total. The molecule has 0 saturated heterocycles. The molecule has 1 aromatic carbocycles. The second-order valence-corrected chi connectivity index (χ2v) is 5.77. The maximum Gasteiger partial charge on any atom is 0.180 e. The highest BCUT2D eigenvalue weighted by molar-refractivity contribution is 9.11. The van der Waals surface area contributed by atoms with Crippen molar-refractivity contribution in [1.82, 2.24) is 4.98 Å². The number of benzene rings is 1. The van der Waals surface area contributed by atoms with Crippen LogP contribution in [0, 0.1) is 6.92 Å². The summed E-state index contributed by atoms with van der Waals surface area (Å²) >= 11 is 8.52. The Morgan fingerprint density at radius 1 is 1.27 bits per heavy atom. The largest absolute Gasteiger partial charge is 0.375 e. The van der Waals surface area contributed by atoms with Crippen LogP contribution < -0.4 is 5.73 Å². The zero-order valence-electron chi connectivity index (χ0n) is 7.92. The summed E-state index contributed by atoms with van der Waals surface area (Å²) in [6, 6.07) is 4.13. The van der Waals surface area contributed by atoms with Crippen LogP contribution in [0.1, 0.15) is 5.56 Å². The molecule has 0 aliphatic rings. The third-order valence-corrected chi connectivity index (χ3v) is 3.89. The second kappa shape index (κ2) is 4.23. The van der Waals surface area contributed by atoms with E-state index in [1.807, 2.05) is 5.38 Å². The van der Waals surface area contributed by atoms with Gasteiger partial charge in [-0.05, 0) is 24.6 Å². The summed E-state index contributed by atoms with van der Waals surface area (Å²) in [5, 5.41) is 2.54. The Morgan fingerprint density at radius 2 is 1.87 bits per heavy atom. The van der Waals surface area contributed by atoms with Crippen molar-refractivity contribution in [3.63, 3.8) is 0 Å². The summed E-state index contributed by atoms with van der Waals surface area (Å²) in [4.78, 5) is 4.27. The minimum Gasteiger partial charge on any atom is -0.375 e. The lowest BCUT2D eigenvalue weighted by Gasteiger charge is -2.05. The molecule has 0 fully saturated rings. The lowest BCUT2D eigenvalue weighted by molar-refractivity contribution is 1.37. The molecule has 1 heterocycles. The number of aromatic nitrogens is 1. The van der Waals surface area contributed by atoms with E-state index in [9.17, 15) is 0 Å². The van der Waals surface area contributed by atoms with Gasteiger partial charge in [-0.3, -0.25) is 0 Å². The van der Waals surface area contributed by atoms with Crippen molar-refractivity contribution >= 4 is 48.3 Å². The van der Waals surface area contributed by atoms with Gasteiger partial charge in [0.2, 0.25) is 0 Å². The van der Waals surface area contributed by atoms with Crippen LogP contribution >= 0.6 is 43.2 Å². The number of anilines is 1. The van der Waals surface area contributed by atoms with Crippen LogP contribution in [-0.2, 0) is 0 Å². The zero-order valence-corrected chi connectivity index (χ0v) is 11.9. The van der Waals surface area contributed by atoms with Gasteiger partial charge in [-0.25, -0.2) is 4.98 Å². The molecule has 0 aliphatic heterocycles. The Balaban J connectivity index is 2.62. The van der Waals surface area contributed by atoms with Gasteiger partial charge in [-0.1, -0.05) is 31.9 Å². The number of nitrogen functional groups attached to an aromatic ring is 1. The summed E-state index contributed by atoms with van der Waals surface area (Å²) in [5.74, 6) is 0. The fourth-order valence-corrected chi connectivity index (χ4v) is 3.72. The van der Waals surface area contributed by atoms with Gasteiger partial charge in [0.05, 0.1) is 5.69 Å². The van der Waals surface area contributed by atoms with Gasteiger partial charge in [0.15, 0.2) is 5.13 Å². The molecule has 15 heavy (non-hydrogen) atoms. The molecule has 0 unspecified atom stereocenters. The Labute approximate surface area is 109 Å². The first-order chi connectivity index (χ1) is 7.08. The van der Waals surface area contributed by atoms with Crippen LogP contribution in [0.25, 0.3) is 11.3 Å². The van der Waals surface area contributed by atoms with Crippen LogP contribution in [-0.4, -0.2) is 4.98 Å². The first-order valence-electron chi connectivity index (χ1n) is 4.25.